The highest BCUT2D eigenvalue weighted by molar-refractivity contribution is 9.10. The van der Waals surface area contributed by atoms with Crippen LogP contribution < -0.4 is 0 Å². The van der Waals surface area contributed by atoms with Gasteiger partial charge in [0, 0.05) is 15.7 Å². The van der Waals surface area contributed by atoms with Crippen LogP contribution in [0.3, 0.4) is 0 Å². The van der Waals surface area contributed by atoms with Crippen LogP contribution in [0.15, 0.2) is 28.7 Å². The van der Waals surface area contributed by atoms with Gasteiger partial charge in [-0.15, -0.1) is 0 Å². The number of benzene rings is 1. The number of H-pyrrole nitrogens is 1. The van der Waals surface area contributed by atoms with Crippen molar-refractivity contribution in [1.29, 1.82) is 0 Å². The Labute approximate surface area is 96.3 Å². The molecule has 4 heteroatoms. The van der Waals surface area contributed by atoms with Crippen LogP contribution in [0.4, 0.5) is 0 Å². The van der Waals surface area contributed by atoms with Crippen molar-refractivity contribution < 1.29 is 5.11 Å². The first-order chi connectivity index (χ1) is 7.22. The fourth-order valence-electron chi connectivity index (χ4n) is 1.43. The van der Waals surface area contributed by atoms with Gasteiger partial charge < -0.3 is 10.1 Å². The molecule has 0 aliphatic carbocycles. The predicted molar refractivity (Wildman–Crippen MR) is 62.4 cm³/mol. The Bertz CT molecular complexity index is 479. The van der Waals surface area contributed by atoms with Gasteiger partial charge in [0.05, 0.1) is 12.3 Å². The number of imidazole rings is 1. The Hall–Kier alpha value is -1.13. The van der Waals surface area contributed by atoms with Crippen molar-refractivity contribution in [1.82, 2.24) is 9.97 Å². The summed E-state index contributed by atoms with van der Waals surface area (Å²) in [5.74, 6) is 0.782. The van der Waals surface area contributed by atoms with Crippen molar-refractivity contribution in [2.24, 2.45) is 0 Å². The first-order valence-corrected chi connectivity index (χ1v) is 5.43. The van der Waals surface area contributed by atoms with E-state index in [1.807, 2.05) is 31.2 Å². The van der Waals surface area contributed by atoms with Crippen LogP contribution in [0.2, 0.25) is 0 Å². The second-order valence-electron chi connectivity index (χ2n) is 3.30. The number of aryl methyl sites for hydroxylation is 1. The summed E-state index contributed by atoms with van der Waals surface area (Å²) in [5.41, 5.74) is 2.60. The third-order valence-electron chi connectivity index (χ3n) is 2.26. The largest absolute Gasteiger partial charge is 0.390 e. The predicted octanol–water partition coefficient (Wildman–Crippen LogP) is 2.64. The van der Waals surface area contributed by atoms with Crippen molar-refractivity contribution >= 4 is 15.9 Å². The summed E-state index contributed by atoms with van der Waals surface area (Å²) < 4.78 is 0.989. The van der Waals surface area contributed by atoms with Gasteiger partial charge >= 0.3 is 0 Å². The van der Waals surface area contributed by atoms with Crippen LogP contribution in [-0.4, -0.2) is 15.1 Å². The zero-order chi connectivity index (χ0) is 10.8. The topological polar surface area (TPSA) is 48.9 Å². The number of hydrogen-bond donors (Lipinski definition) is 2. The Morgan fingerprint density at radius 1 is 1.40 bits per heavy atom. The number of aromatic amines is 1. The molecule has 78 valence electrons. The minimum absolute atomic E-state index is 0.0349. The highest BCUT2D eigenvalue weighted by Crippen LogP contribution is 2.26. The van der Waals surface area contributed by atoms with Gasteiger partial charge in [-0.25, -0.2) is 4.98 Å². The van der Waals surface area contributed by atoms with E-state index in [0.717, 1.165) is 21.6 Å². The molecule has 0 aliphatic rings. The Morgan fingerprint density at radius 2 is 2.13 bits per heavy atom. The molecule has 0 bridgehead atoms. The van der Waals surface area contributed by atoms with Gasteiger partial charge in [-0.2, -0.15) is 0 Å². The smallest absolute Gasteiger partial charge is 0.139 e. The second kappa shape index (κ2) is 4.16. The summed E-state index contributed by atoms with van der Waals surface area (Å²) in [6, 6.07) is 7.85. The average molecular weight is 267 g/mol. The number of aliphatic hydroxyl groups excluding tert-OH is 1. The standard InChI is InChI=1S/C11H11BrN2O/c1-7-10(6-15)14-11(13-7)8-4-2-3-5-9(8)12/h2-5,15H,6H2,1H3,(H,13,14). The normalized spacial score (nSPS) is 10.6. The van der Waals surface area contributed by atoms with Gasteiger partial charge in [-0.3, -0.25) is 0 Å². The molecule has 1 aromatic heterocycles. The fraction of sp³-hybridized carbons (Fsp3) is 0.182. The molecule has 0 radical (unpaired) electrons. The minimum Gasteiger partial charge on any atom is -0.390 e. The van der Waals surface area contributed by atoms with Crippen LogP contribution in [0.5, 0.6) is 0 Å². The molecule has 0 saturated carbocycles. The molecule has 0 fully saturated rings. The van der Waals surface area contributed by atoms with Crippen LogP contribution in [0.25, 0.3) is 11.4 Å². The monoisotopic (exact) mass is 266 g/mol. The minimum atomic E-state index is -0.0349. The van der Waals surface area contributed by atoms with E-state index >= 15 is 0 Å². The molecule has 0 saturated heterocycles. The average Bonchev–Trinajstić information content (AvgIpc) is 2.60. The molecule has 0 unspecified atom stereocenters. The Morgan fingerprint density at radius 3 is 2.73 bits per heavy atom. The van der Waals surface area contributed by atoms with Crippen LogP contribution >= 0.6 is 15.9 Å². The number of halogens is 1. The van der Waals surface area contributed by atoms with Gasteiger partial charge in [0.15, 0.2) is 0 Å². The molecule has 0 aliphatic heterocycles. The molecule has 0 atom stereocenters. The van der Waals surface area contributed by atoms with E-state index in [4.69, 9.17) is 5.11 Å². The summed E-state index contributed by atoms with van der Waals surface area (Å²) in [7, 11) is 0. The van der Waals surface area contributed by atoms with Crippen molar-refractivity contribution in [3.05, 3.63) is 40.1 Å². The molecule has 3 nitrogen and oxygen atoms in total. The van der Waals surface area contributed by atoms with Crippen LogP contribution in [0, 0.1) is 6.92 Å². The highest BCUT2D eigenvalue weighted by atomic mass is 79.9. The van der Waals surface area contributed by atoms with Crippen molar-refractivity contribution in [3.8, 4) is 11.4 Å². The molecule has 0 amide bonds. The van der Waals surface area contributed by atoms with Gasteiger partial charge in [0.25, 0.3) is 0 Å². The maximum Gasteiger partial charge on any atom is 0.139 e. The molecule has 2 N–H and O–H groups in total. The molecule has 1 aromatic carbocycles. The maximum absolute atomic E-state index is 9.05. The van der Waals surface area contributed by atoms with Gasteiger partial charge in [-0.05, 0) is 13.0 Å². The van der Waals surface area contributed by atoms with Crippen molar-refractivity contribution in [2.75, 3.05) is 0 Å². The van der Waals surface area contributed by atoms with Gasteiger partial charge in [-0.1, -0.05) is 34.1 Å². The van der Waals surface area contributed by atoms with Gasteiger partial charge in [0.2, 0.25) is 0 Å². The van der Waals surface area contributed by atoms with E-state index in [9.17, 15) is 0 Å². The Balaban J connectivity index is 2.50. The molecular formula is C11H11BrN2O. The van der Waals surface area contributed by atoms with Crippen molar-refractivity contribution in [2.45, 2.75) is 13.5 Å². The number of nitrogens with zero attached hydrogens (tertiary/aromatic N) is 1. The van der Waals surface area contributed by atoms with E-state index in [1.54, 1.807) is 0 Å². The third kappa shape index (κ3) is 1.96. The van der Waals surface area contributed by atoms with Crippen LogP contribution in [0.1, 0.15) is 11.4 Å². The molecular weight excluding hydrogens is 256 g/mol. The zero-order valence-corrected chi connectivity index (χ0v) is 9.87. The third-order valence-corrected chi connectivity index (χ3v) is 2.96. The first-order valence-electron chi connectivity index (χ1n) is 4.63. The number of aromatic nitrogens is 2. The highest BCUT2D eigenvalue weighted by Gasteiger charge is 2.09. The SMILES string of the molecule is Cc1[nH]c(-c2ccccc2Br)nc1CO. The number of nitrogens with one attached hydrogen (secondary N) is 1. The summed E-state index contributed by atoms with van der Waals surface area (Å²) in [4.78, 5) is 7.48. The lowest BCUT2D eigenvalue weighted by Gasteiger charge is -1.98. The lowest BCUT2D eigenvalue weighted by molar-refractivity contribution is 0.276. The van der Waals surface area contributed by atoms with Gasteiger partial charge in [0.1, 0.15) is 5.82 Å². The molecule has 2 aromatic rings. The zero-order valence-electron chi connectivity index (χ0n) is 8.29. The molecule has 15 heavy (non-hydrogen) atoms. The van der Waals surface area contributed by atoms with E-state index in [2.05, 4.69) is 25.9 Å². The number of hydrogen-bond acceptors (Lipinski definition) is 2. The Kier molecular flexibility index (Phi) is 2.88. The second-order valence-corrected chi connectivity index (χ2v) is 4.15. The maximum atomic E-state index is 9.05. The molecule has 0 spiro atoms. The quantitative estimate of drug-likeness (QED) is 0.878. The van der Waals surface area contributed by atoms with E-state index in [1.165, 1.54) is 0 Å². The van der Waals surface area contributed by atoms with Crippen LogP contribution in [-0.2, 0) is 6.61 Å². The van der Waals surface area contributed by atoms with E-state index in [-0.39, 0.29) is 6.61 Å². The van der Waals surface area contributed by atoms with E-state index < -0.39 is 0 Å². The lowest BCUT2D eigenvalue weighted by atomic mass is 10.2. The summed E-state index contributed by atoms with van der Waals surface area (Å²) in [5, 5.41) is 9.05. The fourth-order valence-corrected chi connectivity index (χ4v) is 1.90. The summed E-state index contributed by atoms with van der Waals surface area (Å²) >= 11 is 3.47. The molecule has 2 rings (SSSR count). The van der Waals surface area contributed by atoms with E-state index in [0.29, 0.717) is 5.69 Å². The summed E-state index contributed by atoms with van der Waals surface area (Å²) in [6.45, 7) is 1.87. The van der Waals surface area contributed by atoms with Crippen molar-refractivity contribution in [3.63, 3.8) is 0 Å². The lowest BCUT2D eigenvalue weighted by Crippen LogP contribution is -1.85. The number of rotatable bonds is 2. The molecule has 1 heterocycles. The number of aliphatic hydroxyl groups is 1. The summed E-state index contributed by atoms with van der Waals surface area (Å²) in [6.07, 6.45) is 0. The first kappa shape index (κ1) is 10.4.